The molecule has 1 aromatic carbocycles. The number of piperazine rings is 1. The Bertz CT molecular complexity index is 2640. The number of benzene rings is 1. The fourth-order valence-corrected chi connectivity index (χ4v) is 11.6. The number of pyridine rings is 1. The van der Waals surface area contributed by atoms with Crippen molar-refractivity contribution in [3.63, 3.8) is 0 Å². The number of fused-ring (bicyclic) bond motifs is 9. The van der Waals surface area contributed by atoms with E-state index in [1.807, 2.05) is 32.2 Å². The quantitative estimate of drug-likeness (QED) is 0.0970. The normalized spacial score (nSPS) is 22.7. The van der Waals surface area contributed by atoms with E-state index in [9.17, 15) is 24.0 Å². The number of nitrogens with one attached hydrogen (secondary N) is 1. The van der Waals surface area contributed by atoms with E-state index in [0.717, 1.165) is 62.5 Å². The molecule has 4 aromatic rings. The van der Waals surface area contributed by atoms with Gasteiger partial charge in [0.2, 0.25) is 11.8 Å². The third kappa shape index (κ3) is 10.1. The lowest BCUT2D eigenvalue weighted by atomic mass is 9.84. The highest BCUT2D eigenvalue weighted by Crippen LogP contribution is 2.42. The van der Waals surface area contributed by atoms with E-state index in [1.54, 1.807) is 30.2 Å². The Labute approximate surface area is 409 Å². The molecule has 5 aliphatic heterocycles. The minimum Gasteiger partial charge on any atom is -0.464 e. The second-order valence-electron chi connectivity index (χ2n) is 20.1. The SMILES string of the molecule is C=CC(=O)N1CC2CCC1CN2C(=O)N(C)[C@H](C(=O)/N=C/C[C@H]1Cc2nc(cs2)-c2ccc3c(c2)c(c(-c2cccnc2[C@H](C)OC)n3CC)CC(C)(C)COC(=O)[C@@H]2CCCN(N2)C1=O)C(C)C. The molecule has 0 spiro atoms. The van der Waals surface area contributed by atoms with Crippen molar-refractivity contribution in [1.82, 2.24) is 39.7 Å². The van der Waals surface area contributed by atoms with Crippen LogP contribution >= 0.6 is 11.3 Å². The van der Waals surface area contributed by atoms with Gasteiger partial charge in [0.1, 0.15) is 12.1 Å². The highest BCUT2D eigenvalue weighted by Gasteiger charge is 2.45. The molecule has 0 saturated carbocycles. The van der Waals surface area contributed by atoms with Gasteiger partial charge in [0, 0.05) is 98.0 Å². The van der Waals surface area contributed by atoms with Gasteiger partial charge < -0.3 is 28.7 Å². The van der Waals surface area contributed by atoms with Crippen LogP contribution in [0.5, 0.6) is 0 Å². The molecule has 8 heterocycles. The van der Waals surface area contributed by atoms with Gasteiger partial charge in [-0.3, -0.25) is 29.2 Å². The molecule has 16 nitrogen and oxygen atoms in total. The van der Waals surface area contributed by atoms with Crippen LogP contribution in [0.25, 0.3) is 33.4 Å². The maximum Gasteiger partial charge on any atom is 0.324 e. The number of esters is 1. The summed E-state index contributed by atoms with van der Waals surface area (Å²) in [7, 11) is 3.32. The number of nitrogens with zero attached hydrogens (tertiary/aromatic N) is 8. The first-order valence-corrected chi connectivity index (χ1v) is 25.3. The average Bonchev–Trinajstić information content (AvgIpc) is 3.95. The van der Waals surface area contributed by atoms with Gasteiger partial charge in [-0.25, -0.2) is 20.2 Å². The van der Waals surface area contributed by atoms with Crippen molar-refractivity contribution in [2.75, 3.05) is 40.4 Å². The molecule has 2 unspecified atom stereocenters. The Morgan fingerprint density at radius 3 is 2.55 bits per heavy atom. The second kappa shape index (κ2) is 20.7. The fourth-order valence-electron chi connectivity index (χ4n) is 10.7. The van der Waals surface area contributed by atoms with Crippen LogP contribution in [0.2, 0.25) is 0 Å². The number of amides is 5. The summed E-state index contributed by atoms with van der Waals surface area (Å²) >= 11 is 1.48. The number of methoxy groups -OCH3 is 1. The number of aryl methyl sites for hydroxylation is 1. The Balaban J connectivity index is 1.10. The molecule has 9 rings (SSSR count). The molecule has 69 heavy (non-hydrogen) atoms. The average molecular weight is 962 g/mol. The number of likely N-dealkylation sites (N-methyl/N-ethyl adjacent to an activating group) is 1. The molecule has 4 fully saturated rings. The number of thiazole rings is 1. The van der Waals surface area contributed by atoms with Crippen molar-refractivity contribution >= 4 is 58.2 Å². The highest BCUT2D eigenvalue weighted by atomic mass is 32.1. The summed E-state index contributed by atoms with van der Waals surface area (Å²) in [6, 6.07) is 8.38. The maximum atomic E-state index is 14.6. The highest BCUT2D eigenvalue weighted by molar-refractivity contribution is 7.10. The topological polar surface area (TPSA) is 172 Å². The molecule has 5 aliphatic rings. The van der Waals surface area contributed by atoms with Crippen LogP contribution < -0.4 is 5.43 Å². The van der Waals surface area contributed by atoms with Crippen molar-refractivity contribution in [3.05, 3.63) is 70.8 Å². The van der Waals surface area contributed by atoms with E-state index in [0.29, 0.717) is 45.4 Å². The third-order valence-electron chi connectivity index (χ3n) is 14.4. The van der Waals surface area contributed by atoms with Gasteiger partial charge >= 0.3 is 12.0 Å². The van der Waals surface area contributed by atoms with Crippen LogP contribution in [-0.4, -0.2) is 135 Å². The summed E-state index contributed by atoms with van der Waals surface area (Å²) in [5.41, 5.74) is 9.49. The number of carbonyl (C=O) groups excluding carboxylic acids is 5. The first-order valence-electron chi connectivity index (χ1n) is 24.4. The summed E-state index contributed by atoms with van der Waals surface area (Å²) in [4.78, 5) is 88.3. The van der Waals surface area contributed by atoms with Crippen LogP contribution in [-0.2, 0) is 48.0 Å². The number of ether oxygens (including phenoxy) is 2. The summed E-state index contributed by atoms with van der Waals surface area (Å²) in [5, 5.41) is 5.35. The zero-order valence-electron chi connectivity index (χ0n) is 41.3. The lowest BCUT2D eigenvalue weighted by Crippen LogP contribution is -2.67. The monoisotopic (exact) mass is 961 g/mol. The van der Waals surface area contributed by atoms with Crippen molar-refractivity contribution in [2.45, 2.75) is 123 Å². The third-order valence-corrected chi connectivity index (χ3v) is 15.2. The predicted octanol–water partition coefficient (Wildman–Crippen LogP) is 7.26. The Hall–Kier alpha value is -5.78. The Kier molecular flexibility index (Phi) is 14.9. The molecular formula is C52H67N9O7S. The van der Waals surface area contributed by atoms with Crippen molar-refractivity contribution < 1.29 is 33.4 Å². The Morgan fingerprint density at radius 2 is 1.86 bits per heavy atom. The van der Waals surface area contributed by atoms with Gasteiger partial charge in [-0.1, -0.05) is 40.3 Å². The van der Waals surface area contributed by atoms with Crippen LogP contribution in [0.15, 0.2) is 59.6 Å². The maximum absolute atomic E-state index is 14.6. The number of hydrazine groups is 1. The number of cyclic esters (lactones) is 1. The molecule has 0 radical (unpaired) electrons. The van der Waals surface area contributed by atoms with Gasteiger partial charge in [-0.05, 0) is 94.2 Å². The number of aromatic nitrogens is 3. The Morgan fingerprint density at radius 1 is 1.10 bits per heavy atom. The van der Waals surface area contributed by atoms with Gasteiger partial charge in [0.15, 0.2) is 0 Å². The zero-order valence-corrected chi connectivity index (χ0v) is 42.1. The number of aliphatic imine (C=N–C) groups is 1. The van der Waals surface area contributed by atoms with Crippen molar-refractivity contribution in [2.24, 2.45) is 22.2 Å². The van der Waals surface area contributed by atoms with E-state index < -0.39 is 35.3 Å². The first kappa shape index (κ1) is 49.6. The predicted molar refractivity (Wildman–Crippen MR) is 266 cm³/mol. The van der Waals surface area contributed by atoms with E-state index in [4.69, 9.17) is 19.4 Å². The molecule has 368 valence electrons. The number of hydrogen-bond acceptors (Lipinski definition) is 11. The van der Waals surface area contributed by atoms with E-state index in [2.05, 4.69) is 66.6 Å². The molecular weight excluding hydrogens is 895 g/mol. The van der Waals surface area contributed by atoms with Crippen molar-refractivity contribution in [1.29, 1.82) is 0 Å². The van der Waals surface area contributed by atoms with E-state index >= 15 is 0 Å². The first-order chi connectivity index (χ1) is 33.0. The molecule has 5 amide bonds. The lowest BCUT2D eigenvalue weighted by Gasteiger charge is -2.52. The summed E-state index contributed by atoms with van der Waals surface area (Å²) in [6.07, 6.45) is 8.01. The molecule has 17 heteroatoms. The van der Waals surface area contributed by atoms with Crippen LogP contribution in [0, 0.1) is 17.3 Å². The molecule has 1 N–H and O–H groups in total. The van der Waals surface area contributed by atoms with Gasteiger partial charge in [-0.15, -0.1) is 11.3 Å². The van der Waals surface area contributed by atoms with Gasteiger partial charge in [0.25, 0.3) is 5.91 Å². The molecule has 6 atom stereocenters. The molecule has 4 saturated heterocycles. The van der Waals surface area contributed by atoms with E-state index in [1.165, 1.54) is 33.5 Å². The van der Waals surface area contributed by atoms with Crippen LogP contribution in [0.1, 0.15) is 96.0 Å². The van der Waals surface area contributed by atoms with Gasteiger partial charge in [-0.2, -0.15) is 0 Å². The molecule has 3 aromatic heterocycles. The van der Waals surface area contributed by atoms with E-state index in [-0.39, 0.29) is 61.4 Å². The summed E-state index contributed by atoms with van der Waals surface area (Å²) in [6.45, 7) is 17.8. The number of piperidine rings is 2. The molecule has 0 aliphatic carbocycles. The number of rotatable bonds is 10. The smallest absolute Gasteiger partial charge is 0.324 e. The molecule has 8 bridgehead atoms. The van der Waals surface area contributed by atoms with Crippen molar-refractivity contribution in [3.8, 4) is 22.5 Å². The van der Waals surface area contributed by atoms with Gasteiger partial charge in [0.05, 0.1) is 46.8 Å². The number of hydrogen-bond donors (Lipinski definition) is 1. The summed E-state index contributed by atoms with van der Waals surface area (Å²) < 4.78 is 14.3. The second-order valence-corrected chi connectivity index (χ2v) is 21.1. The fraction of sp³-hybridized carbons (Fsp3) is 0.538. The minimum atomic E-state index is -0.855. The van der Waals surface area contributed by atoms with Crippen LogP contribution in [0.4, 0.5) is 4.79 Å². The van der Waals surface area contributed by atoms with Crippen LogP contribution in [0.3, 0.4) is 0 Å². The number of carbonyl (C=O) groups is 5. The lowest BCUT2D eigenvalue weighted by molar-refractivity contribution is -0.155. The standard InChI is InChI=1S/C52H67N9O7S/c1-10-44(62)59-27-36-18-17-35(59)28-60(36)51(66)57(8)46(31(3)4)48(63)54-22-20-34-25-43-55-41(29-69-43)33-16-19-42-38(24-33)39(47(58(42)11-2)37-14-12-21-53-45(37)32(5)67-9)26-52(6,7)30-68-50(65)40-15-13-23-61(56-40)49(34)64/h10,12,14,16,19,21-22,24,29,31-32,34-36,40,46,56H,1,11,13,15,17-18,20,23,25-28,30H2,2-9H3/b54-22+/t32-,34-,35?,36?,40-,46-/m0/s1. The number of urea groups is 1. The largest absolute Gasteiger partial charge is 0.464 e. The summed E-state index contributed by atoms with van der Waals surface area (Å²) in [5.74, 6) is -2.22. The minimum absolute atomic E-state index is 0.101. The zero-order chi connectivity index (χ0) is 49.3.